The lowest BCUT2D eigenvalue weighted by atomic mass is 10.0. The van der Waals surface area contributed by atoms with E-state index in [1.807, 2.05) is 43.3 Å². The van der Waals surface area contributed by atoms with Crippen LogP contribution in [-0.4, -0.2) is 21.9 Å². The van der Waals surface area contributed by atoms with Gasteiger partial charge in [0.25, 0.3) is 5.91 Å². The summed E-state index contributed by atoms with van der Waals surface area (Å²) in [5, 5.41) is 4.11. The first kappa shape index (κ1) is 15.9. The molecule has 122 valence electrons. The number of hydrogen-bond donors (Lipinski definition) is 3. The van der Waals surface area contributed by atoms with Crippen molar-refractivity contribution in [3.8, 4) is 0 Å². The third-order valence-electron chi connectivity index (χ3n) is 3.91. The fraction of sp³-hybridized carbons (Fsp3) is 0.167. The van der Waals surface area contributed by atoms with Crippen molar-refractivity contribution in [3.63, 3.8) is 0 Å². The molecule has 0 saturated heterocycles. The molecule has 6 heteroatoms. The highest BCUT2D eigenvalue weighted by Gasteiger charge is 2.18. The van der Waals surface area contributed by atoms with E-state index in [9.17, 15) is 4.79 Å². The van der Waals surface area contributed by atoms with Gasteiger partial charge in [-0.15, -0.1) is 0 Å². The summed E-state index contributed by atoms with van der Waals surface area (Å²) in [6, 6.07) is 14.9. The van der Waals surface area contributed by atoms with Gasteiger partial charge >= 0.3 is 0 Å². The molecule has 0 radical (unpaired) electrons. The summed E-state index contributed by atoms with van der Waals surface area (Å²) >= 11 is 0. The number of hydrogen-bond acceptors (Lipinski definition) is 5. The van der Waals surface area contributed by atoms with E-state index in [4.69, 9.17) is 11.5 Å². The van der Waals surface area contributed by atoms with Gasteiger partial charge in [-0.25, -0.2) is 9.97 Å². The lowest BCUT2D eigenvalue weighted by molar-refractivity contribution is 0.100. The van der Waals surface area contributed by atoms with Crippen LogP contribution in [-0.2, 0) is 0 Å². The third kappa shape index (κ3) is 3.04. The Balaban J connectivity index is 2.06. The molecular weight excluding hydrogens is 302 g/mol. The molecule has 0 bridgehead atoms. The lowest BCUT2D eigenvalue weighted by Gasteiger charge is -2.24. The molecule has 1 heterocycles. The van der Waals surface area contributed by atoms with E-state index in [1.54, 1.807) is 12.1 Å². The number of amides is 1. The minimum absolute atomic E-state index is 0.124. The highest BCUT2D eigenvalue weighted by atomic mass is 16.1. The average Bonchev–Trinajstić information content (AvgIpc) is 2.59. The van der Waals surface area contributed by atoms with Crippen LogP contribution in [0.25, 0.3) is 10.9 Å². The average molecular weight is 321 g/mol. The molecule has 24 heavy (non-hydrogen) atoms. The van der Waals surface area contributed by atoms with E-state index < -0.39 is 5.91 Å². The lowest BCUT2D eigenvalue weighted by Crippen LogP contribution is -2.30. The highest BCUT2D eigenvalue weighted by Crippen LogP contribution is 2.27. The van der Waals surface area contributed by atoms with Gasteiger partial charge in [0.1, 0.15) is 12.1 Å². The molecule has 0 aliphatic heterocycles. The van der Waals surface area contributed by atoms with Gasteiger partial charge in [-0.3, -0.25) is 4.79 Å². The Kier molecular flexibility index (Phi) is 4.39. The first-order valence-corrected chi connectivity index (χ1v) is 7.68. The molecule has 3 aromatic rings. The molecule has 0 aliphatic rings. The number of rotatable bonds is 5. The Hall–Kier alpha value is -2.99. The summed E-state index contributed by atoms with van der Waals surface area (Å²) in [5.41, 5.74) is 13.5. The molecule has 5 N–H and O–H groups in total. The standard InChI is InChI=1S/C18H19N5O/c1-11(19)15(12-6-3-2-4-7-12)23-18-14-9-5-8-13(17(20)24)16(14)21-10-22-18/h2-11,15H,19H2,1H3,(H2,20,24)(H,21,22,23)/t11-,15?/m0/s1. The van der Waals surface area contributed by atoms with Crippen LogP contribution in [0.15, 0.2) is 54.9 Å². The smallest absolute Gasteiger partial charge is 0.250 e. The first-order valence-electron chi connectivity index (χ1n) is 7.68. The fourth-order valence-electron chi connectivity index (χ4n) is 2.73. The second-order valence-corrected chi connectivity index (χ2v) is 5.68. The molecule has 1 unspecified atom stereocenters. The number of aromatic nitrogens is 2. The normalized spacial score (nSPS) is 13.4. The molecule has 2 atom stereocenters. The monoisotopic (exact) mass is 321 g/mol. The maximum Gasteiger partial charge on any atom is 0.250 e. The Labute approximate surface area is 139 Å². The van der Waals surface area contributed by atoms with E-state index in [-0.39, 0.29) is 12.1 Å². The van der Waals surface area contributed by atoms with E-state index in [1.165, 1.54) is 6.33 Å². The number of primary amides is 1. The third-order valence-corrected chi connectivity index (χ3v) is 3.91. The number of para-hydroxylation sites is 1. The maximum atomic E-state index is 11.6. The minimum Gasteiger partial charge on any atom is -0.366 e. The van der Waals surface area contributed by atoms with Crippen LogP contribution in [0.5, 0.6) is 0 Å². The van der Waals surface area contributed by atoms with Crippen molar-refractivity contribution < 1.29 is 4.79 Å². The summed E-state index contributed by atoms with van der Waals surface area (Å²) in [4.78, 5) is 20.1. The zero-order valence-electron chi connectivity index (χ0n) is 13.3. The van der Waals surface area contributed by atoms with Crippen LogP contribution in [0.2, 0.25) is 0 Å². The molecule has 3 rings (SSSR count). The Bertz CT molecular complexity index is 864. The number of nitrogens with zero attached hydrogens (tertiary/aromatic N) is 2. The van der Waals surface area contributed by atoms with Gasteiger partial charge in [0.2, 0.25) is 0 Å². The highest BCUT2D eigenvalue weighted by molar-refractivity contribution is 6.06. The number of nitrogens with one attached hydrogen (secondary N) is 1. The van der Waals surface area contributed by atoms with E-state index in [2.05, 4.69) is 15.3 Å². The molecule has 0 aliphatic carbocycles. The van der Waals surface area contributed by atoms with Crippen molar-refractivity contribution in [3.05, 3.63) is 66.0 Å². The number of carbonyl (C=O) groups excluding carboxylic acids is 1. The Morgan fingerprint density at radius 2 is 1.83 bits per heavy atom. The number of anilines is 1. The zero-order chi connectivity index (χ0) is 17.1. The quantitative estimate of drug-likeness (QED) is 0.668. The zero-order valence-corrected chi connectivity index (χ0v) is 13.3. The van der Waals surface area contributed by atoms with Crippen molar-refractivity contribution in [1.82, 2.24) is 9.97 Å². The largest absolute Gasteiger partial charge is 0.366 e. The van der Waals surface area contributed by atoms with Crippen LogP contribution in [0.1, 0.15) is 28.9 Å². The van der Waals surface area contributed by atoms with Crippen LogP contribution in [0.3, 0.4) is 0 Å². The SMILES string of the molecule is C[C@H](N)C(Nc1ncnc2c(C(N)=O)cccc12)c1ccccc1. The van der Waals surface area contributed by atoms with Gasteiger partial charge in [0.15, 0.2) is 0 Å². The first-order chi connectivity index (χ1) is 11.6. The van der Waals surface area contributed by atoms with Gasteiger partial charge in [0, 0.05) is 11.4 Å². The number of fused-ring (bicyclic) bond motifs is 1. The van der Waals surface area contributed by atoms with E-state index in [0.29, 0.717) is 16.9 Å². The van der Waals surface area contributed by atoms with Crippen molar-refractivity contribution in [2.75, 3.05) is 5.32 Å². The molecule has 0 spiro atoms. The summed E-state index contributed by atoms with van der Waals surface area (Å²) < 4.78 is 0. The summed E-state index contributed by atoms with van der Waals surface area (Å²) in [6.45, 7) is 1.93. The molecule has 2 aromatic carbocycles. The predicted molar refractivity (Wildman–Crippen MR) is 94.5 cm³/mol. The molecule has 0 fully saturated rings. The Morgan fingerprint density at radius 3 is 2.50 bits per heavy atom. The van der Waals surface area contributed by atoms with Crippen LogP contribution < -0.4 is 16.8 Å². The second-order valence-electron chi connectivity index (χ2n) is 5.68. The summed E-state index contributed by atoms with van der Waals surface area (Å²) in [5.74, 6) is 0.103. The van der Waals surface area contributed by atoms with Crippen LogP contribution in [0.4, 0.5) is 5.82 Å². The van der Waals surface area contributed by atoms with Gasteiger partial charge in [-0.1, -0.05) is 36.4 Å². The molecule has 1 aromatic heterocycles. The minimum atomic E-state index is -0.517. The molecule has 6 nitrogen and oxygen atoms in total. The number of benzene rings is 2. The second kappa shape index (κ2) is 6.64. The van der Waals surface area contributed by atoms with Gasteiger partial charge in [-0.2, -0.15) is 0 Å². The molecule has 1 amide bonds. The van der Waals surface area contributed by atoms with Crippen LogP contribution >= 0.6 is 0 Å². The molecule has 0 saturated carbocycles. The Morgan fingerprint density at radius 1 is 1.08 bits per heavy atom. The fourth-order valence-corrected chi connectivity index (χ4v) is 2.73. The van der Waals surface area contributed by atoms with Gasteiger partial charge in [-0.05, 0) is 24.6 Å². The summed E-state index contributed by atoms with van der Waals surface area (Å²) in [7, 11) is 0. The van der Waals surface area contributed by atoms with Gasteiger partial charge < -0.3 is 16.8 Å². The maximum absolute atomic E-state index is 11.6. The number of nitrogens with two attached hydrogens (primary N) is 2. The van der Waals surface area contributed by atoms with Crippen molar-refractivity contribution in [1.29, 1.82) is 0 Å². The predicted octanol–water partition coefficient (Wildman–Crippen LogP) is 2.23. The van der Waals surface area contributed by atoms with Gasteiger partial charge in [0.05, 0.1) is 17.1 Å². The van der Waals surface area contributed by atoms with Crippen molar-refractivity contribution >= 4 is 22.6 Å². The van der Waals surface area contributed by atoms with E-state index in [0.717, 1.165) is 10.9 Å². The summed E-state index contributed by atoms with van der Waals surface area (Å²) in [6.07, 6.45) is 1.42. The molecular formula is C18H19N5O. The van der Waals surface area contributed by atoms with E-state index >= 15 is 0 Å². The van der Waals surface area contributed by atoms with Crippen LogP contribution in [0, 0.1) is 0 Å². The number of carbonyl (C=O) groups is 1. The topological polar surface area (TPSA) is 107 Å². The van der Waals surface area contributed by atoms with Crippen molar-refractivity contribution in [2.24, 2.45) is 11.5 Å². The van der Waals surface area contributed by atoms with Crippen molar-refractivity contribution in [2.45, 2.75) is 19.0 Å².